The first-order valence-corrected chi connectivity index (χ1v) is 9.04. The molecule has 0 radical (unpaired) electrons. The molecule has 2 aliphatic heterocycles. The third kappa shape index (κ3) is 2.46. The Morgan fingerprint density at radius 2 is 2.29 bits per heavy atom. The first kappa shape index (κ1) is 13.3. The third-order valence-corrected chi connectivity index (χ3v) is 5.74. The summed E-state index contributed by atoms with van der Waals surface area (Å²) in [7, 11) is 0. The second-order valence-corrected chi connectivity index (χ2v) is 7.08. The molecule has 110 valence electrons. The molecule has 1 aromatic carbocycles. The zero-order chi connectivity index (χ0) is 14.1. The van der Waals surface area contributed by atoms with Crippen LogP contribution in [0.25, 0.3) is 11.3 Å². The molecular formula is C17H21N3S. The van der Waals surface area contributed by atoms with Crippen LogP contribution in [0.2, 0.25) is 0 Å². The molecule has 0 aliphatic carbocycles. The molecule has 1 aromatic heterocycles. The SMILES string of the molecule is c1cc2c(c(-c3cncn3C3CCCSC3)c1)NCCC2. The van der Waals surface area contributed by atoms with Crippen LogP contribution in [0, 0.1) is 0 Å². The monoisotopic (exact) mass is 299 g/mol. The van der Waals surface area contributed by atoms with E-state index in [1.807, 2.05) is 12.5 Å². The molecule has 1 saturated heterocycles. The van der Waals surface area contributed by atoms with Gasteiger partial charge in [0.1, 0.15) is 0 Å². The average molecular weight is 299 g/mol. The molecule has 1 unspecified atom stereocenters. The van der Waals surface area contributed by atoms with Gasteiger partial charge in [-0.2, -0.15) is 11.8 Å². The Labute approximate surface area is 130 Å². The lowest BCUT2D eigenvalue weighted by Gasteiger charge is -2.26. The fraction of sp³-hybridized carbons (Fsp3) is 0.471. The summed E-state index contributed by atoms with van der Waals surface area (Å²) in [4.78, 5) is 4.45. The number of hydrogen-bond donors (Lipinski definition) is 1. The maximum absolute atomic E-state index is 4.45. The number of benzene rings is 1. The Bertz CT molecular complexity index is 629. The van der Waals surface area contributed by atoms with Crippen molar-refractivity contribution in [2.45, 2.75) is 31.7 Å². The van der Waals surface area contributed by atoms with E-state index >= 15 is 0 Å². The van der Waals surface area contributed by atoms with E-state index in [1.165, 1.54) is 59.7 Å². The van der Waals surface area contributed by atoms with Crippen LogP contribution in [0.4, 0.5) is 5.69 Å². The van der Waals surface area contributed by atoms with Crippen LogP contribution in [0.5, 0.6) is 0 Å². The van der Waals surface area contributed by atoms with Crippen LogP contribution in [0.15, 0.2) is 30.7 Å². The van der Waals surface area contributed by atoms with Crippen molar-refractivity contribution >= 4 is 17.4 Å². The minimum Gasteiger partial charge on any atom is -0.384 e. The van der Waals surface area contributed by atoms with Crippen LogP contribution in [-0.2, 0) is 6.42 Å². The Morgan fingerprint density at radius 1 is 1.29 bits per heavy atom. The van der Waals surface area contributed by atoms with E-state index in [1.54, 1.807) is 0 Å². The summed E-state index contributed by atoms with van der Waals surface area (Å²) in [6, 6.07) is 7.28. The predicted molar refractivity (Wildman–Crippen MR) is 90.1 cm³/mol. The van der Waals surface area contributed by atoms with Gasteiger partial charge in [-0.05, 0) is 37.0 Å². The van der Waals surface area contributed by atoms with E-state index < -0.39 is 0 Å². The predicted octanol–water partition coefficient (Wildman–Crippen LogP) is 3.98. The molecule has 0 saturated carbocycles. The Balaban J connectivity index is 1.76. The highest BCUT2D eigenvalue weighted by molar-refractivity contribution is 7.99. The largest absolute Gasteiger partial charge is 0.384 e. The highest BCUT2D eigenvalue weighted by atomic mass is 32.2. The number of nitrogens with one attached hydrogen (secondary N) is 1. The summed E-state index contributed by atoms with van der Waals surface area (Å²) >= 11 is 2.07. The Kier molecular flexibility index (Phi) is 3.63. The molecule has 1 N–H and O–H groups in total. The molecule has 1 fully saturated rings. The number of nitrogens with zero attached hydrogens (tertiary/aromatic N) is 2. The molecule has 0 spiro atoms. The van der Waals surface area contributed by atoms with Crippen molar-refractivity contribution in [2.24, 2.45) is 0 Å². The molecule has 3 nitrogen and oxygen atoms in total. The number of para-hydroxylation sites is 1. The lowest BCUT2D eigenvalue weighted by molar-refractivity contribution is 0.503. The average Bonchev–Trinajstić information content (AvgIpc) is 3.04. The number of thioether (sulfide) groups is 1. The quantitative estimate of drug-likeness (QED) is 0.910. The summed E-state index contributed by atoms with van der Waals surface area (Å²) in [5.41, 5.74) is 5.37. The Morgan fingerprint density at radius 3 is 3.19 bits per heavy atom. The summed E-state index contributed by atoms with van der Waals surface area (Å²) < 4.78 is 2.40. The van der Waals surface area contributed by atoms with Gasteiger partial charge in [-0.3, -0.25) is 0 Å². The van der Waals surface area contributed by atoms with Gasteiger partial charge in [-0.1, -0.05) is 18.2 Å². The lowest BCUT2D eigenvalue weighted by atomic mass is 9.98. The number of anilines is 1. The molecule has 4 heteroatoms. The van der Waals surface area contributed by atoms with Crippen molar-refractivity contribution in [3.8, 4) is 11.3 Å². The van der Waals surface area contributed by atoms with Gasteiger partial charge in [0, 0.05) is 29.6 Å². The number of fused-ring (bicyclic) bond motifs is 1. The van der Waals surface area contributed by atoms with Crippen LogP contribution < -0.4 is 5.32 Å². The molecule has 1 atom stereocenters. The minimum absolute atomic E-state index is 0.598. The number of aromatic nitrogens is 2. The lowest BCUT2D eigenvalue weighted by Crippen LogP contribution is -2.17. The van der Waals surface area contributed by atoms with E-state index in [4.69, 9.17) is 0 Å². The van der Waals surface area contributed by atoms with Gasteiger partial charge >= 0.3 is 0 Å². The highest BCUT2D eigenvalue weighted by Crippen LogP contribution is 2.36. The van der Waals surface area contributed by atoms with E-state index in [0.717, 1.165) is 6.54 Å². The molecule has 3 heterocycles. The van der Waals surface area contributed by atoms with Gasteiger partial charge in [-0.25, -0.2) is 4.98 Å². The van der Waals surface area contributed by atoms with Crippen molar-refractivity contribution < 1.29 is 0 Å². The van der Waals surface area contributed by atoms with Gasteiger partial charge in [0.2, 0.25) is 0 Å². The second-order valence-electron chi connectivity index (χ2n) is 5.93. The topological polar surface area (TPSA) is 29.9 Å². The number of hydrogen-bond acceptors (Lipinski definition) is 3. The van der Waals surface area contributed by atoms with Crippen LogP contribution in [0.3, 0.4) is 0 Å². The van der Waals surface area contributed by atoms with Crippen molar-refractivity contribution in [3.63, 3.8) is 0 Å². The van der Waals surface area contributed by atoms with Gasteiger partial charge in [0.25, 0.3) is 0 Å². The zero-order valence-corrected chi connectivity index (χ0v) is 13.0. The van der Waals surface area contributed by atoms with Crippen LogP contribution in [-0.4, -0.2) is 27.6 Å². The molecular weight excluding hydrogens is 278 g/mol. The van der Waals surface area contributed by atoms with Crippen molar-refractivity contribution in [3.05, 3.63) is 36.3 Å². The van der Waals surface area contributed by atoms with Crippen molar-refractivity contribution in [2.75, 3.05) is 23.4 Å². The number of rotatable bonds is 2. The molecule has 21 heavy (non-hydrogen) atoms. The molecule has 2 aliphatic rings. The summed E-state index contributed by atoms with van der Waals surface area (Å²) in [5.74, 6) is 2.52. The first-order chi connectivity index (χ1) is 10.4. The number of aryl methyl sites for hydroxylation is 1. The van der Waals surface area contributed by atoms with E-state index in [9.17, 15) is 0 Å². The highest BCUT2D eigenvalue weighted by Gasteiger charge is 2.21. The maximum Gasteiger partial charge on any atom is 0.0953 e. The summed E-state index contributed by atoms with van der Waals surface area (Å²) in [6.45, 7) is 1.08. The zero-order valence-electron chi connectivity index (χ0n) is 12.2. The molecule has 4 rings (SSSR count). The van der Waals surface area contributed by atoms with Gasteiger partial charge < -0.3 is 9.88 Å². The summed E-state index contributed by atoms with van der Waals surface area (Å²) in [5, 5.41) is 3.60. The molecule has 2 aromatic rings. The van der Waals surface area contributed by atoms with Gasteiger partial charge in [0.05, 0.1) is 18.2 Å². The van der Waals surface area contributed by atoms with E-state index in [0.29, 0.717) is 6.04 Å². The van der Waals surface area contributed by atoms with Gasteiger partial charge in [0.15, 0.2) is 0 Å². The van der Waals surface area contributed by atoms with Crippen molar-refractivity contribution in [1.29, 1.82) is 0 Å². The molecule has 0 amide bonds. The summed E-state index contributed by atoms with van der Waals surface area (Å²) in [6.07, 6.45) is 9.06. The normalized spacial score (nSPS) is 21.6. The van der Waals surface area contributed by atoms with Gasteiger partial charge in [-0.15, -0.1) is 0 Å². The van der Waals surface area contributed by atoms with Crippen LogP contribution in [0.1, 0.15) is 30.9 Å². The van der Waals surface area contributed by atoms with E-state index in [-0.39, 0.29) is 0 Å². The minimum atomic E-state index is 0.598. The first-order valence-electron chi connectivity index (χ1n) is 7.89. The fourth-order valence-corrected chi connectivity index (χ4v) is 4.61. The second kappa shape index (κ2) is 5.76. The third-order valence-electron chi connectivity index (χ3n) is 4.55. The Hall–Kier alpha value is -1.42. The number of imidazole rings is 1. The smallest absolute Gasteiger partial charge is 0.0953 e. The van der Waals surface area contributed by atoms with Crippen LogP contribution >= 0.6 is 11.8 Å². The van der Waals surface area contributed by atoms with E-state index in [2.05, 4.69) is 44.8 Å². The molecule has 0 bridgehead atoms. The fourth-order valence-electron chi connectivity index (χ4n) is 3.47. The maximum atomic E-state index is 4.45. The van der Waals surface area contributed by atoms with Crippen molar-refractivity contribution in [1.82, 2.24) is 9.55 Å². The standard InChI is InChI=1S/C17H21N3S/c1-4-13-5-2-8-19-17(13)15(7-1)16-10-18-12-20(16)14-6-3-9-21-11-14/h1,4,7,10,12,14,19H,2-3,5-6,8-9,11H2.